The van der Waals surface area contributed by atoms with Crippen molar-refractivity contribution in [2.75, 3.05) is 38.2 Å². The van der Waals surface area contributed by atoms with Gasteiger partial charge in [0.1, 0.15) is 11.5 Å². The molecule has 1 saturated heterocycles. The zero-order valence-electron chi connectivity index (χ0n) is 15.9. The molecule has 1 fully saturated rings. The molecule has 0 atom stereocenters. The molecule has 0 radical (unpaired) electrons. The molecule has 0 aliphatic carbocycles. The summed E-state index contributed by atoms with van der Waals surface area (Å²) in [5, 5.41) is 5.83. The highest BCUT2D eigenvalue weighted by Crippen LogP contribution is 2.23. The van der Waals surface area contributed by atoms with Gasteiger partial charge in [-0.1, -0.05) is 24.3 Å². The molecule has 0 unspecified atom stereocenters. The normalized spacial score (nSPS) is 15.2. The SMILES string of the molecule is CC(C)(CNC(=O)Nc1cccc(Oc2ccccc2)c1)N1CCOCC1. The van der Waals surface area contributed by atoms with E-state index in [1.54, 1.807) is 6.07 Å². The lowest BCUT2D eigenvalue weighted by atomic mass is 10.0. The van der Waals surface area contributed by atoms with E-state index in [4.69, 9.17) is 9.47 Å². The van der Waals surface area contributed by atoms with Crippen LogP contribution in [0.3, 0.4) is 0 Å². The maximum Gasteiger partial charge on any atom is 0.319 e. The smallest absolute Gasteiger partial charge is 0.319 e. The number of nitrogens with zero attached hydrogens (tertiary/aromatic N) is 1. The van der Waals surface area contributed by atoms with Crippen LogP contribution in [0.5, 0.6) is 11.5 Å². The third-order valence-electron chi connectivity index (χ3n) is 4.62. The molecule has 144 valence electrons. The monoisotopic (exact) mass is 369 g/mol. The minimum Gasteiger partial charge on any atom is -0.457 e. The number of hydrogen-bond acceptors (Lipinski definition) is 4. The summed E-state index contributed by atoms with van der Waals surface area (Å²) in [6.45, 7) is 8.07. The summed E-state index contributed by atoms with van der Waals surface area (Å²) in [4.78, 5) is 14.6. The van der Waals surface area contributed by atoms with Crippen LogP contribution < -0.4 is 15.4 Å². The zero-order chi connectivity index (χ0) is 19.1. The van der Waals surface area contributed by atoms with Crippen LogP contribution in [0.25, 0.3) is 0 Å². The number of morpholine rings is 1. The summed E-state index contributed by atoms with van der Waals surface area (Å²) in [5.74, 6) is 1.43. The van der Waals surface area contributed by atoms with E-state index in [0.29, 0.717) is 18.0 Å². The van der Waals surface area contributed by atoms with Crippen LogP contribution in [-0.4, -0.2) is 49.3 Å². The molecule has 0 saturated carbocycles. The fourth-order valence-electron chi connectivity index (χ4n) is 3.01. The van der Waals surface area contributed by atoms with E-state index in [1.807, 2.05) is 48.5 Å². The van der Waals surface area contributed by atoms with Gasteiger partial charge in [-0.3, -0.25) is 4.90 Å². The Morgan fingerprint density at radius 1 is 1.07 bits per heavy atom. The second-order valence-electron chi connectivity index (χ2n) is 7.16. The van der Waals surface area contributed by atoms with E-state index in [9.17, 15) is 4.79 Å². The lowest BCUT2D eigenvalue weighted by Crippen LogP contribution is -2.55. The molecule has 6 nitrogen and oxygen atoms in total. The van der Waals surface area contributed by atoms with Gasteiger partial charge in [-0.05, 0) is 38.1 Å². The first-order valence-corrected chi connectivity index (χ1v) is 9.23. The van der Waals surface area contributed by atoms with Crippen LogP contribution in [0.4, 0.5) is 10.5 Å². The average molecular weight is 369 g/mol. The molecule has 27 heavy (non-hydrogen) atoms. The number of ether oxygens (including phenoxy) is 2. The highest BCUT2D eigenvalue weighted by Gasteiger charge is 2.28. The van der Waals surface area contributed by atoms with Crippen LogP contribution >= 0.6 is 0 Å². The Hall–Kier alpha value is -2.57. The van der Waals surface area contributed by atoms with Gasteiger partial charge in [0.2, 0.25) is 0 Å². The number of hydrogen-bond donors (Lipinski definition) is 2. The van der Waals surface area contributed by atoms with E-state index < -0.39 is 0 Å². The summed E-state index contributed by atoms with van der Waals surface area (Å²) in [6.07, 6.45) is 0. The van der Waals surface area contributed by atoms with Crippen molar-refractivity contribution in [2.45, 2.75) is 19.4 Å². The number of rotatable bonds is 6. The van der Waals surface area contributed by atoms with Crippen molar-refractivity contribution in [3.8, 4) is 11.5 Å². The van der Waals surface area contributed by atoms with Crippen molar-refractivity contribution >= 4 is 11.7 Å². The molecule has 0 spiro atoms. The molecule has 1 aliphatic heterocycles. The standard InChI is InChI=1S/C21H27N3O3/c1-21(2,24-11-13-26-14-12-24)16-22-20(25)23-17-7-6-10-19(15-17)27-18-8-4-3-5-9-18/h3-10,15H,11-14,16H2,1-2H3,(H2,22,23,25). The predicted octanol–water partition coefficient (Wildman–Crippen LogP) is 3.71. The first-order valence-electron chi connectivity index (χ1n) is 9.23. The molecule has 2 aromatic rings. The second-order valence-corrected chi connectivity index (χ2v) is 7.16. The maximum absolute atomic E-state index is 12.3. The fourth-order valence-corrected chi connectivity index (χ4v) is 3.01. The second kappa shape index (κ2) is 8.88. The van der Waals surface area contributed by atoms with Crippen molar-refractivity contribution in [2.24, 2.45) is 0 Å². The third kappa shape index (κ3) is 5.70. The van der Waals surface area contributed by atoms with Crippen LogP contribution in [0, 0.1) is 0 Å². The Balaban J connectivity index is 1.52. The van der Waals surface area contributed by atoms with E-state index in [0.717, 1.165) is 32.1 Å². The number of benzene rings is 2. The summed E-state index contributed by atoms with van der Waals surface area (Å²) in [5.41, 5.74) is 0.560. The third-order valence-corrected chi connectivity index (χ3v) is 4.62. The molecule has 0 aromatic heterocycles. The van der Waals surface area contributed by atoms with Crippen molar-refractivity contribution in [1.82, 2.24) is 10.2 Å². The Morgan fingerprint density at radius 2 is 1.78 bits per heavy atom. The van der Waals surface area contributed by atoms with Gasteiger partial charge in [-0.25, -0.2) is 4.79 Å². The van der Waals surface area contributed by atoms with Crippen LogP contribution in [0.2, 0.25) is 0 Å². The first-order chi connectivity index (χ1) is 13.0. The number of carbonyl (C=O) groups excluding carboxylic acids is 1. The summed E-state index contributed by atoms with van der Waals surface area (Å²) >= 11 is 0. The quantitative estimate of drug-likeness (QED) is 0.815. The largest absolute Gasteiger partial charge is 0.457 e. The van der Waals surface area contributed by atoms with Gasteiger partial charge in [0, 0.05) is 36.9 Å². The Morgan fingerprint density at radius 3 is 2.52 bits per heavy atom. The number of carbonyl (C=O) groups is 1. The Bertz CT molecular complexity index is 743. The van der Waals surface area contributed by atoms with Gasteiger partial charge >= 0.3 is 6.03 Å². The molecule has 1 aliphatic rings. The van der Waals surface area contributed by atoms with Gasteiger partial charge in [-0.2, -0.15) is 0 Å². The van der Waals surface area contributed by atoms with Crippen molar-refractivity contribution in [3.05, 3.63) is 54.6 Å². The van der Waals surface area contributed by atoms with Crippen molar-refractivity contribution < 1.29 is 14.3 Å². The maximum atomic E-state index is 12.3. The molecular formula is C21H27N3O3. The molecule has 3 rings (SSSR count). The van der Waals surface area contributed by atoms with Gasteiger partial charge in [0.15, 0.2) is 0 Å². The molecule has 0 bridgehead atoms. The number of amides is 2. The van der Waals surface area contributed by atoms with Gasteiger partial charge in [-0.15, -0.1) is 0 Å². The van der Waals surface area contributed by atoms with Gasteiger partial charge < -0.3 is 20.1 Å². The predicted molar refractivity (Wildman–Crippen MR) is 106 cm³/mol. The lowest BCUT2D eigenvalue weighted by molar-refractivity contribution is -0.00863. The number of urea groups is 1. The average Bonchev–Trinajstić information content (AvgIpc) is 2.68. The molecule has 6 heteroatoms. The number of para-hydroxylation sites is 1. The van der Waals surface area contributed by atoms with Crippen LogP contribution in [0.15, 0.2) is 54.6 Å². The Labute approximate surface area is 160 Å². The molecule has 2 aromatic carbocycles. The zero-order valence-corrected chi connectivity index (χ0v) is 15.9. The molecule has 1 heterocycles. The molecular weight excluding hydrogens is 342 g/mol. The highest BCUT2D eigenvalue weighted by molar-refractivity contribution is 5.89. The summed E-state index contributed by atoms with van der Waals surface area (Å²) in [7, 11) is 0. The molecule has 2 amide bonds. The first kappa shape index (κ1) is 19.2. The lowest BCUT2D eigenvalue weighted by Gasteiger charge is -2.40. The minimum absolute atomic E-state index is 0.126. The van der Waals surface area contributed by atoms with E-state index >= 15 is 0 Å². The minimum atomic E-state index is -0.229. The van der Waals surface area contributed by atoms with Gasteiger partial charge in [0.05, 0.1) is 13.2 Å². The van der Waals surface area contributed by atoms with E-state index in [-0.39, 0.29) is 11.6 Å². The fraction of sp³-hybridized carbons (Fsp3) is 0.381. The van der Waals surface area contributed by atoms with Crippen molar-refractivity contribution in [1.29, 1.82) is 0 Å². The molecule has 2 N–H and O–H groups in total. The Kier molecular flexibility index (Phi) is 6.32. The van der Waals surface area contributed by atoms with Crippen molar-refractivity contribution in [3.63, 3.8) is 0 Å². The van der Waals surface area contributed by atoms with Crippen LogP contribution in [0.1, 0.15) is 13.8 Å². The van der Waals surface area contributed by atoms with E-state index in [2.05, 4.69) is 29.4 Å². The van der Waals surface area contributed by atoms with Gasteiger partial charge in [0.25, 0.3) is 0 Å². The number of anilines is 1. The van der Waals surface area contributed by atoms with Crippen LogP contribution in [-0.2, 0) is 4.74 Å². The number of nitrogens with one attached hydrogen (secondary N) is 2. The summed E-state index contributed by atoms with van der Waals surface area (Å²) < 4.78 is 11.2. The highest BCUT2D eigenvalue weighted by atomic mass is 16.5. The van der Waals surface area contributed by atoms with E-state index in [1.165, 1.54) is 0 Å². The topological polar surface area (TPSA) is 62.8 Å². The summed E-state index contributed by atoms with van der Waals surface area (Å²) in [6, 6.07) is 16.7.